The Kier molecular flexibility index (Phi) is 4.61. The van der Waals surface area contributed by atoms with E-state index in [-0.39, 0.29) is 10.8 Å². The second kappa shape index (κ2) is 6.62. The number of halogens is 1. The van der Waals surface area contributed by atoms with E-state index in [1.165, 1.54) is 42.2 Å². The Balaban J connectivity index is 2.11. The lowest BCUT2D eigenvalue weighted by atomic mass is 9.85. The fourth-order valence-electron chi connectivity index (χ4n) is 3.82. The number of fused-ring (bicyclic) bond motifs is 3. The number of nitrogens with zero attached hydrogens (tertiary/aromatic N) is 1. The Bertz CT molecular complexity index is 1090. The average molecular weight is 481 g/mol. The van der Waals surface area contributed by atoms with E-state index in [1.807, 2.05) is 0 Å². The molecule has 0 unspecified atom stereocenters. The van der Waals surface area contributed by atoms with Crippen molar-refractivity contribution in [2.24, 2.45) is 0 Å². The predicted molar refractivity (Wildman–Crippen MR) is 131 cm³/mol. The van der Waals surface area contributed by atoms with Crippen LogP contribution < -0.4 is 0 Å². The molecule has 0 atom stereocenters. The third-order valence-corrected chi connectivity index (χ3v) is 6.30. The van der Waals surface area contributed by atoms with Crippen molar-refractivity contribution in [1.82, 2.24) is 4.57 Å². The molecule has 2 heteroatoms. The molecule has 4 aromatic rings. The summed E-state index contributed by atoms with van der Waals surface area (Å²) in [7, 11) is 0. The van der Waals surface area contributed by atoms with Crippen LogP contribution >= 0.6 is 22.6 Å². The van der Waals surface area contributed by atoms with E-state index in [4.69, 9.17) is 0 Å². The third-order valence-electron chi connectivity index (χ3n) is 5.58. The van der Waals surface area contributed by atoms with Gasteiger partial charge < -0.3 is 4.57 Å². The molecular weight excluding hydrogens is 453 g/mol. The molecule has 4 rings (SSSR count). The van der Waals surface area contributed by atoms with Gasteiger partial charge in [-0.05, 0) is 93.1 Å². The van der Waals surface area contributed by atoms with Crippen LogP contribution in [0.3, 0.4) is 0 Å². The summed E-state index contributed by atoms with van der Waals surface area (Å²) in [5.41, 5.74) is 6.78. The highest BCUT2D eigenvalue weighted by Gasteiger charge is 2.20. The zero-order chi connectivity index (χ0) is 20.3. The SMILES string of the molecule is CC(C)(C)c1ccc2c(c1)c1cc(C(C)(C)C)ccc1n2-c1ccc(I)cc1. The quantitative estimate of drug-likeness (QED) is 0.243. The van der Waals surface area contributed by atoms with Crippen molar-refractivity contribution >= 4 is 44.4 Å². The van der Waals surface area contributed by atoms with Crippen molar-refractivity contribution in [3.8, 4) is 5.69 Å². The predicted octanol–water partition coefficient (Wildman–Crippen LogP) is 7.98. The van der Waals surface area contributed by atoms with E-state index in [9.17, 15) is 0 Å². The van der Waals surface area contributed by atoms with Crippen LogP contribution in [0, 0.1) is 3.57 Å². The van der Waals surface area contributed by atoms with Gasteiger partial charge in [-0.3, -0.25) is 0 Å². The zero-order valence-electron chi connectivity index (χ0n) is 17.6. The summed E-state index contributed by atoms with van der Waals surface area (Å²) in [5.74, 6) is 0. The molecule has 28 heavy (non-hydrogen) atoms. The maximum Gasteiger partial charge on any atom is 0.0541 e. The minimum absolute atomic E-state index is 0.132. The van der Waals surface area contributed by atoms with Crippen LogP contribution in [0.25, 0.3) is 27.5 Å². The summed E-state index contributed by atoms with van der Waals surface area (Å²) in [6, 6.07) is 22.8. The fourth-order valence-corrected chi connectivity index (χ4v) is 4.18. The molecule has 0 radical (unpaired) electrons. The Labute approximate surface area is 181 Å². The van der Waals surface area contributed by atoms with Crippen LogP contribution in [0.2, 0.25) is 0 Å². The lowest BCUT2D eigenvalue weighted by molar-refractivity contribution is 0.590. The van der Waals surface area contributed by atoms with Crippen LogP contribution in [0.4, 0.5) is 0 Å². The van der Waals surface area contributed by atoms with Gasteiger partial charge in [0.1, 0.15) is 0 Å². The standard InChI is InChI=1S/C26H28IN/c1-25(2,3)17-7-13-23-21(15-17)22-16-18(26(4,5)6)8-14-24(22)28(23)20-11-9-19(27)10-12-20/h7-16H,1-6H3. The molecule has 3 aromatic carbocycles. The molecule has 0 saturated heterocycles. The minimum atomic E-state index is 0.132. The second-order valence-corrected chi connectivity index (χ2v) is 11.0. The van der Waals surface area contributed by atoms with Gasteiger partial charge in [0, 0.05) is 20.0 Å². The maximum absolute atomic E-state index is 2.40. The molecule has 0 fully saturated rings. The fraction of sp³-hybridized carbons (Fsp3) is 0.308. The highest BCUT2D eigenvalue weighted by Crippen LogP contribution is 2.37. The monoisotopic (exact) mass is 481 g/mol. The molecule has 0 aliphatic heterocycles. The van der Waals surface area contributed by atoms with Crippen molar-refractivity contribution in [2.75, 3.05) is 0 Å². The summed E-state index contributed by atoms with van der Waals surface area (Å²) < 4.78 is 3.66. The van der Waals surface area contributed by atoms with E-state index >= 15 is 0 Å². The highest BCUT2D eigenvalue weighted by atomic mass is 127. The first-order chi connectivity index (χ1) is 13.1. The van der Waals surface area contributed by atoms with Gasteiger partial charge in [0.25, 0.3) is 0 Å². The smallest absolute Gasteiger partial charge is 0.0541 e. The van der Waals surface area contributed by atoms with Gasteiger partial charge in [0.05, 0.1) is 11.0 Å². The van der Waals surface area contributed by atoms with E-state index in [0.29, 0.717) is 0 Å². The van der Waals surface area contributed by atoms with E-state index < -0.39 is 0 Å². The first-order valence-corrected chi connectivity index (χ1v) is 11.0. The molecule has 1 heterocycles. The van der Waals surface area contributed by atoms with Crippen LogP contribution in [0.5, 0.6) is 0 Å². The van der Waals surface area contributed by atoms with E-state index in [2.05, 4.69) is 129 Å². The van der Waals surface area contributed by atoms with Crippen LogP contribution in [0.15, 0.2) is 60.7 Å². The van der Waals surface area contributed by atoms with Crippen molar-refractivity contribution in [1.29, 1.82) is 0 Å². The van der Waals surface area contributed by atoms with Gasteiger partial charge in [-0.25, -0.2) is 0 Å². The first kappa shape index (κ1) is 19.5. The van der Waals surface area contributed by atoms with Gasteiger partial charge >= 0.3 is 0 Å². The van der Waals surface area contributed by atoms with Gasteiger partial charge in [-0.1, -0.05) is 53.7 Å². The van der Waals surface area contributed by atoms with Crippen LogP contribution in [0.1, 0.15) is 52.7 Å². The molecule has 1 nitrogen and oxygen atoms in total. The molecular formula is C26H28IN. The summed E-state index contributed by atoms with van der Waals surface area (Å²) >= 11 is 2.37. The molecule has 0 amide bonds. The van der Waals surface area contributed by atoms with E-state index in [1.54, 1.807) is 0 Å². The molecule has 0 aliphatic carbocycles. The number of benzene rings is 3. The van der Waals surface area contributed by atoms with Crippen molar-refractivity contribution in [2.45, 2.75) is 52.4 Å². The molecule has 0 saturated carbocycles. The molecule has 0 N–H and O–H groups in total. The van der Waals surface area contributed by atoms with Gasteiger partial charge in [-0.2, -0.15) is 0 Å². The van der Waals surface area contributed by atoms with Gasteiger partial charge in [0.2, 0.25) is 0 Å². The summed E-state index contributed by atoms with van der Waals surface area (Å²) in [6.45, 7) is 13.7. The summed E-state index contributed by atoms with van der Waals surface area (Å²) in [5, 5.41) is 2.68. The lowest BCUT2D eigenvalue weighted by Crippen LogP contribution is -2.10. The number of rotatable bonds is 1. The highest BCUT2D eigenvalue weighted by molar-refractivity contribution is 14.1. The number of hydrogen-bond donors (Lipinski definition) is 0. The molecule has 0 spiro atoms. The summed E-state index contributed by atoms with van der Waals surface area (Å²) in [4.78, 5) is 0. The van der Waals surface area contributed by atoms with Crippen molar-refractivity contribution < 1.29 is 0 Å². The molecule has 0 bridgehead atoms. The third kappa shape index (κ3) is 3.36. The molecule has 144 valence electrons. The van der Waals surface area contributed by atoms with Gasteiger partial charge in [-0.15, -0.1) is 0 Å². The van der Waals surface area contributed by atoms with E-state index in [0.717, 1.165) is 0 Å². The normalized spacial score (nSPS) is 12.8. The average Bonchev–Trinajstić information content (AvgIpc) is 2.94. The summed E-state index contributed by atoms with van der Waals surface area (Å²) in [6.07, 6.45) is 0. The maximum atomic E-state index is 2.40. The minimum Gasteiger partial charge on any atom is -0.309 e. The van der Waals surface area contributed by atoms with Crippen molar-refractivity contribution in [3.05, 3.63) is 75.4 Å². The Hall–Kier alpha value is -1.81. The first-order valence-electron chi connectivity index (χ1n) is 9.91. The largest absolute Gasteiger partial charge is 0.309 e. The molecule has 0 aliphatic rings. The Morgan fingerprint density at radius 2 is 1.04 bits per heavy atom. The lowest BCUT2D eigenvalue weighted by Gasteiger charge is -2.19. The van der Waals surface area contributed by atoms with Crippen LogP contribution in [-0.2, 0) is 10.8 Å². The zero-order valence-corrected chi connectivity index (χ0v) is 19.8. The van der Waals surface area contributed by atoms with Gasteiger partial charge in [0.15, 0.2) is 0 Å². The molecule has 1 aromatic heterocycles. The van der Waals surface area contributed by atoms with Crippen LogP contribution in [-0.4, -0.2) is 4.57 Å². The Morgan fingerprint density at radius 3 is 1.43 bits per heavy atom. The number of aromatic nitrogens is 1. The van der Waals surface area contributed by atoms with Crippen molar-refractivity contribution in [3.63, 3.8) is 0 Å². The number of hydrogen-bond acceptors (Lipinski definition) is 0. The Morgan fingerprint density at radius 1 is 0.607 bits per heavy atom. The second-order valence-electron chi connectivity index (χ2n) is 9.78. The topological polar surface area (TPSA) is 4.93 Å².